The highest BCUT2D eigenvalue weighted by Gasteiger charge is 2.49. The molecule has 2 aromatic rings. The normalized spacial score (nSPS) is 30.0. The third-order valence-electron chi connectivity index (χ3n) is 9.21. The Bertz CT molecular complexity index is 1140. The average Bonchev–Trinajstić information content (AvgIpc) is 3.48. The lowest BCUT2D eigenvalue weighted by molar-refractivity contribution is -0.137. The maximum atomic E-state index is 13.3. The van der Waals surface area contributed by atoms with Crippen LogP contribution in [0.1, 0.15) is 68.2 Å². The highest BCUT2D eigenvalue weighted by molar-refractivity contribution is 5.83. The molecule has 0 radical (unpaired) electrons. The van der Waals surface area contributed by atoms with Crippen LogP contribution in [0.3, 0.4) is 0 Å². The van der Waals surface area contributed by atoms with E-state index in [0.29, 0.717) is 17.5 Å². The van der Waals surface area contributed by atoms with Crippen LogP contribution in [0.4, 0.5) is 13.2 Å². The molecule has 36 heavy (non-hydrogen) atoms. The van der Waals surface area contributed by atoms with Crippen molar-refractivity contribution in [2.45, 2.75) is 70.1 Å². The van der Waals surface area contributed by atoms with Gasteiger partial charge in [0, 0.05) is 24.5 Å². The van der Waals surface area contributed by atoms with Crippen LogP contribution < -0.4 is 5.32 Å². The molecule has 1 N–H and O–H groups in total. The fourth-order valence-electron chi connectivity index (χ4n) is 6.83. The molecule has 1 spiro atoms. The molecule has 0 aromatic heterocycles. The smallest absolute Gasteiger partial charge is 0.352 e. The van der Waals surface area contributed by atoms with E-state index < -0.39 is 17.2 Å². The molecule has 5 rings (SSSR count). The first-order valence-corrected chi connectivity index (χ1v) is 13.1. The van der Waals surface area contributed by atoms with E-state index in [1.54, 1.807) is 0 Å². The van der Waals surface area contributed by atoms with Crippen molar-refractivity contribution in [1.82, 2.24) is 10.2 Å². The quantitative estimate of drug-likeness (QED) is 0.507. The topological polar surface area (TPSA) is 32.3 Å². The number of hydrogen-bond acceptors (Lipinski definition) is 2. The molecule has 192 valence electrons. The Balaban J connectivity index is 1.20. The number of carbonyl (C=O) groups excluding carboxylic acids is 1. The number of benzene rings is 2. The number of hydrogen-bond donors (Lipinski definition) is 1. The standard InChI is InChI=1S/C30H35F3N2O/c1-3-28(27(36)34-19-22-8-10-24(11-9-22)30(31,32)33)14-13-25(18-28)35-17-16-29(21(2)20-35)15-12-23-6-4-5-7-26(23)29/h4-12,15,21,25H,3,13-14,16-20H2,1-2H3,(H,34,36)/t21-,25?,28?,29-/m0/s1. The summed E-state index contributed by atoms with van der Waals surface area (Å²) in [6, 6.07) is 14.2. The molecule has 0 bridgehead atoms. The minimum Gasteiger partial charge on any atom is -0.352 e. The van der Waals surface area contributed by atoms with Gasteiger partial charge in [-0.05, 0) is 73.4 Å². The molecule has 3 aliphatic rings. The molecule has 2 aliphatic carbocycles. The van der Waals surface area contributed by atoms with Crippen LogP contribution in [0.25, 0.3) is 6.08 Å². The summed E-state index contributed by atoms with van der Waals surface area (Å²) < 4.78 is 38.5. The van der Waals surface area contributed by atoms with Crippen LogP contribution in [0.5, 0.6) is 0 Å². The van der Waals surface area contributed by atoms with Gasteiger partial charge in [-0.25, -0.2) is 0 Å². The van der Waals surface area contributed by atoms with Crippen molar-refractivity contribution >= 4 is 12.0 Å². The molecule has 2 fully saturated rings. The molecule has 1 saturated carbocycles. The minimum atomic E-state index is -4.35. The van der Waals surface area contributed by atoms with Gasteiger partial charge < -0.3 is 5.32 Å². The number of allylic oxidation sites excluding steroid dienone is 1. The maximum Gasteiger partial charge on any atom is 0.416 e. The van der Waals surface area contributed by atoms with E-state index in [1.165, 1.54) is 23.3 Å². The van der Waals surface area contributed by atoms with E-state index in [0.717, 1.165) is 57.3 Å². The van der Waals surface area contributed by atoms with E-state index in [4.69, 9.17) is 0 Å². The van der Waals surface area contributed by atoms with Crippen molar-refractivity contribution in [3.63, 3.8) is 0 Å². The minimum absolute atomic E-state index is 0.0292. The summed E-state index contributed by atoms with van der Waals surface area (Å²) in [7, 11) is 0. The Kier molecular flexibility index (Phi) is 6.52. The lowest BCUT2D eigenvalue weighted by atomic mass is 9.67. The summed E-state index contributed by atoms with van der Waals surface area (Å²) in [6.45, 7) is 6.74. The van der Waals surface area contributed by atoms with E-state index in [1.807, 2.05) is 0 Å². The number of halogens is 3. The number of fused-ring (bicyclic) bond motifs is 2. The fourth-order valence-corrected chi connectivity index (χ4v) is 6.83. The van der Waals surface area contributed by atoms with Gasteiger partial charge in [0.05, 0.1) is 11.0 Å². The van der Waals surface area contributed by atoms with Crippen LogP contribution >= 0.6 is 0 Å². The lowest BCUT2D eigenvalue weighted by Crippen LogP contribution is -2.51. The number of likely N-dealkylation sites (tertiary alicyclic amines) is 1. The third kappa shape index (κ3) is 4.38. The van der Waals surface area contributed by atoms with Gasteiger partial charge in [0.1, 0.15) is 0 Å². The molecular formula is C30H35F3N2O. The van der Waals surface area contributed by atoms with Crippen LogP contribution in [-0.2, 0) is 22.9 Å². The number of rotatable bonds is 5. The molecule has 1 saturated heterocycles. The van der Waals surface area contributed by atoms with Gasteiger partial charge in [-0.3, -0.25) is 9.69 Å². The largest absolute Gasteiger partial charge is 0.416 e. The SMILES string of the molecule is CCC1(C(=O)NCc2ccc(C(F)(F)F)cc2)CCC(N2CC[C@@]3(C=Cc4ccccc43)[C@@H](C)C2)C1. The molecule has 1 heterocycles. The summed E-state index contributed by atoms with van der Waals surface area (Å²) >= 11 is 0. The Morgan fingerprint density at radius 3 is 2.56 bits per heavy atom. The summed E-state index contributed by atoms with van der Waals surface area (Å²) in [5.74, 6) is 0.526. The van der Waals surface area contributed by atoms with Gasteiger partial charge in [-0.15, -0.1) is 0 Å². The Hall–Kier alpha value is -2.60. The predicted molar refractivity (Wildman–Crippen MR) is 136 cm³/mol. The molecule has 1 amide bonds. The first-order valence-electron chi connectivity index (χ1n) is 13.1. The molecular weight excluding hydrogens is 461 g/mol. The number of piperidine rings is 1. The van der Waals surface area contributed by atoms with E-state index in [9.17, 15) is 18.0 Å². The van der Waals surface area contributed by atoms with Gasteiger partial charge in [-0.2, -0.15) is 13.2 Å². The van der Waals surface area contributed by atoms with Crippen LogP contribution in [0, 0.1) is 11.3 Å². The Labute approximate surface area is 211 Å². The number of alkyl halides is 3. The van der Waals surface area contributed by atoms with Crippen LogP contribution in [-0.4, -0.2) is 29.9 Å². The highest BCUT2D eigenvalue weighted by atomic mass is 19.4. The summed E-state index contributed by atoms with van der Waals surface area (Å²) in [4.78, 5) is 15.9. The van der Waals surface area contributed by atoms with Gasteiger partial charge in [0.2, 0.25) is 5.91 Å². The second kappa shape index (κ2) is 9.37. The van der Waals surface area contributed by atoms with Crippen LogP contribution in [0.2, 0.25) is 0 Å². The molecule has 4 atom stereocenters. The number of nitrogens with one attached hydrogen (secondary N) is 1. The molecule has 2 aromatic carbocycles. The number of carbonyl (C=O) groups is 1. The lowest BCUT2D eigenvalue weighted by Gasteiger charge is -2.46. The van der Waals surface area contributed by atoms with E-state index in [-0.39, 0.29) is 17.9 Å². The highest BCUT2D eigenvalue weighted by Crippen LogP contribution is 2.49. The monoisotopic (exact) mass is 496 g/mol. The number of amides is 1. The Morgan fingerprint density at radius 1 is 1.11 bits per heavy atom. The van der Waals surface area contributed by atoms with Gasteiger partial charge >= 0.3 is 6.18 Å². The van der Waals surface area contributed by atoms with Gasteiger partial charge in [0.15, 0.2) is 0 Å². The second-order valence-corrected chi connectivity index (χ2v) is 11.0. The second-order valence-electron chi connectivity index (χ2n) is 11.0. The van der Waals surface area contributed by atoms with E-state index >= 15 is 0 Å². The zero-order valence-electron chi connectivity index (χ0n) is 21.1. The Morgan fingerprint density at radius 2 is 1.86 bits per heavy atom. The molecule has 3 nitrogen and oxygen atoms in total. The summed E-state index contributed by atoms with van der Waals surface area (Å²) in [6.07, 6.45) is 4.91. The average molecular weight is 497 g/mol. The first-order chi connectivity index (χ1) is 17.2. The van der Waals surface area contributed by atoms with Gasteiger partial charge in [0.25, 0.3) is 0 Å². The summed E-state index contributed by atoms with van der Waals surface area (Å²) in [5.41, 5.74) is 2.51. The van der Waals surface area contributed by atoms with Crippen LogP contribution in [0.15, 0.2) is 54.6 Å². The number of nitrogens with zero attached hydrogens (tertiary/aromatic N) is 1. The van der Waals surface area contributed by atoms with Crippen molar-refractivity contribution in [2.24, 2.45) is 11.3 Å². The van der Waals surface area contributed by atoms with Crippen molar-refractivity contribution in [1.29, 1.82) is 0 Å². The molecule has 2 unspecified atom stereocenters. The van der Waals surface area contributed by atoms with Gasteiger partial charge in [-0.1, -0.05) is 62.4 Å². The van der Waals surface area contributed by atoms with Crippen molar-refractivity contribution < 1.29 is 18.0 Å². The first kappa shape index (κ1) is 25.1. The maximum absolute atomic E-state index is 13.3. The predicted octanol–water partition coefficient (Wildman–Crippen LogP) is 6.58. The van der Waals surface area contributed by atoms with Crippen molar-refractivity contribution in [2.75, 3.05) is 13.1 Å². The zero-order chi connectivity index (χ0) is 25.6. The van der Waals surface area contributed by atoms with Crippen molar-refractivity contribution in [3.8, 4) is 0 Å². The van der Waals surface area contributed by atoms with E-state index in [2.05, 4.69) is 60.5 Å². The third-order valence-corrected chi connectivity index (χ3v) is 9.21. The zero-order valence-corrected chi connectivity index (χ0v) is 21.1. The molecule has 6 heteroatoms. The molecule has 1 aliphatic heterocycles. The fraction of sp³-hybridized carbons (Fsp3) is 0.500. The van der Waals surface area contributed by atoms with Crippen molar-refractivity contribution in [3.05, 3.63) is 76.9 Å². The summed E-state index contributed by atoms with van der Waals surface area (Å²) in [5, 5.41) is 3.03.